The first-order valence-corrected chi connectivity index (χ1v) is 8.96. The normalized spacial score (nSPS) is 11.1. The number of rotatable bonds is 7. The van der Waals surface area contributed by atoms with E-state index in [4.69, 9.17) is 16.1 Å². The number of carbonyl (C=O) groups is 1. The summed E-state index contributed by atoms with van der Waals surface area (Å²) in [6.07, 6.45) is 5.40. The van der Waals surface area contributed by atoms with Gasteiger partial charge in [0.1, 0.15) is 0 Å². The molecule has 2 aromatic heterocycles. The van der Waals surface area contributed by atoms with Crippen LogP contribution >= 0.6 is 11.6 Å². The number of amides is 1. The van der Waals surface area contributed by atoms with Crippen LogP contribution in [-0.4, -0.2) is 20.6 Å². The van der Waals surface area contributed by atoms with E-state index in [1.807, 2.05) is 55.1 Å². The number of halogens is 1. The van der Waals surface area contributed by atoms with Crippen molar-refractivity contribution in [3.05, 3.63) is 59.5 Å². The van der Waals surface area contributed by atoms with Crippen molar-refractivity contribution >= 4 is 23.2 Å². The summed E-state index contributed by atoms with van der Waals surface area (Å²) in [5, 5.41) is 7.49. The molecule has 0 bridgehead atoms. The molecule has 7 heteroatoms. The molecule has 2 heterocycles. The predicted molar refractivity (Wildman–Crippen MR) is 101 cm³/mol. The number of benzene rings is 1. The van der Waals surface area contributed by atoms with Crippen molar-refractivity contribution in [2.45, 2.75) is 39.0 Å². The number of hydrogen-bond donors (Lipinski definition) is 1. The Balaban J connectivity index is 1.58. The molecule has 136 valence electrons. The number of aromatic nitrogens is 3. The fraction of sp³-hybridized carbons (Fsp3) is 0.316. The molecule has 0 aliphatic carbocycles. The van der Waals surface area contributed by atoms with Crippen LogP contribution in [0, 0.1) is 0 Å². The second kappa shape index (κ2) is 8.19. The van der Waals surface area contributed by atoms with Crippen LogP contribution in [-0.2, 0) is 11.2 Å². The summed E-state index contributed by atoms with van der Waals surface area (Å²) in [6.45, 7) is 4.02. The summed E-state index contributed by atoms with van der Waals surface area (Å²) in [5.41, 5.74) is 1.55. The smallest absolute Gasteiger partial charge is 0.226 e. The van der Waals surface area contributed by atoms with Gasteiger partial charge in [0.25, 0.3) is 0 Å². The van der Waals surface area contributed by atoms with E-state index < -0.39 is 0 Å². The molecule has 0 aliphatic rings. The third-order valence-corrected chi connectivity index (χ3v) is 4.15. The fourth-order valence-corrected chi connectivity index (χ4v) is 2.70. The number of aryl methyl sites for hydroxylation is 1. The summed E-state index contributed by atoms with van der Waals surface area (Å²) in [4.78, 5) is 16.6. The highest BCUT2D eigenvalue weighted by molar-refractivity contribution is 6.30. The highest BCUT2D eigenvalue weighted by Gasteiger charge is 2.12. The average molecular weight is 373 g/mol. The molecule has 6 nitrogen and oxygen atoms in total. The van der Waals surface area contributed by atoms with Gasteiger partial charge in [-0.25, -0.2) is 0 Å². The molecule has 0 fully saturated rings. The zero-order chi connectivity index (χ0) is 18.5. The van der Waals surface area contributed by atoms with Crippen molar-refractivity contribution in [3.63, 3.8) is 0 Å². The molecule has 0 atom stereocenters. The lowest BCUT2D eigenvalue weighted by Gasteiger charge is -2.12. The van der Waals surface area contributed by atoms with E-state index in [1.165, 1.54) is 0 Å². The first-order valence-electron chi connectivity index (χ1n) is 8.58. The van der Waals surface area contributed by atoms with Gasteiger partial charge in [-0.05, 0) is 36.8 Å². The molecule has 3 rings (SSSR count). The average Bonchev–Trinajstić information content (AvgIpc) is 3.28. The molecule has 0 saturated carbocycles. The SMILES string of the molecule is CC(C)c1noc(CCCC(=O)Nc2ccc(Cl)cc2-n2cccc2)n1. The first-order chi connectivity index (χ1) is 12.5. The third-order valence-electron chi connectivity index (χ3n) is 3.91. The van der Waals surface area contributed by atoms with Crippen LogP contribution in [0.5, 0.6) is 0 Å². The topological polar surface area (TPSA) is 73.0 Å². The van der Waals surface area contributed by atoms with Gasteiger partial charge in [0.15, 0.2) is 5.82 Å². The first kappa shape index (κ1) is 18.2. The van der Waals surface area contributed by atoms with Gasteiger partial charge in [-0.2, -0.15) is 4.98 Å². The van der Waals surface area contributed by atoms with Crippen molar-refractivity contribution in [1.29, 1.82) is 0 Å². The highest BCUT2D eigenvalue weighted by Crippen LogP contribution is 2.25. The minimum absolute atomic E-state index is 0.0654. The van der Waals surface area contributed by atoms with E-state index in [9.17, 15) is 4.79 Å². The Morgan fingerprint density at radius 1 is 1.31 bits per heavy atom. The van der Waals surface area contributed by atoms with Gasteiger partial charge in [-0.3, -0.25) is 4.79 Å². The van der Waals surface area contributed by atoms with Crippen LogP contribution in [0.1, 0.15) is 44.3 Å². The van der Waals surface area contributed by atoms with Gasteiger partial charge in [0.2, 0.25) is 11.8 Å². The zero-order valence-corrected chi connectivity index (χ0v) is 15.5. The van der Waals surface area contributed by atoms with E-state index in [-0.39, 0.29) is 11.8 Å². The van der Waals surface area contributed by atoms with Crippen LogP contribution in [0.2, 0.25) is 5.02 Å². The van der Waals surface area contributed by atoms with Crippen LogP contribution in [0.4, 0.5) is 5.69 Å². The maximum Gasteiger partial charge on any atom is 0.226 e. The molecule has 1 N–H and O–H groups in total. The Hall–Kier alpha value is -2.60. The predicted octanol–water partition coefficient (Wildman–Crippen LogP) is 4.60. The quantitative estimate of drug-likeness (QED) is 0.657. The summed E-state index contributed by atoms with van der Waals surface area (Å²) < 4.78 is 7.11. The molecule has 0 spiro atoms. The van der Waals surface area contributed by atoms with Gasteiger partial charge in [-0.15, -0.1) is 0 Å². The minimum Gasteiger partial charge on any atom is -0.339 e. The highest BCUT2D eigenvalue weighted by atomic mass is 35.5. The summed E-state index contributed by atoms with van der Waals surface area (Å²) >= 11 is 6.10. The second-order valence-electron chi connectivity index (χ2n) is 6.35. The number of anilines is 1. The number of hydrogen-bond acceptors (Lipinski definition) is 4. The zero-order valence-electron chi connectivity index (χ0n) is 14.8. The molecule has 0 aliphatic heterocycles. The maximum absolute atomic E-state index is 12.3. The van der Waals surface area contributed by atoms with Crippen molar-refractivity contribution in [3.8, 4) is 5.69 Å². The van der Waals surface area contributed by atoms with Crippen LogP contribution < -0.4 is 5.32 Å². The largest absolute Gasteiger partial charge is 0.339 e. The summed E-state index contributed by atoms with van der Waals surface area (Å²) in [5.74, 6) is 1.43. The van der Waals surface area contributed by atoms with Gasteiger partial charge in [0, 0.05) is 36.2 Å². The molecule has 0 unspecified atom stereocenters. The Bertz CT molecular complexity index is 872. The lowest BCUT2D eigenvalue weighted by molar-refractivity contribution is -0.116. The minimum atomic E-state index is -0.0654. The second-order valence-corrected chi connectivity index (χ2v) is 6.79. The van der Waals surface area contributed by atoms with E-state index in [0.717, 1.165) is 11.4 Å². The molecule has 1 aromatic carbocycles. The molecule has 1 amide bonds. The third kappa shape index (κ3) is 4.52. The number of nitrogens with one attached hydrogen (secondary N) is 1. The van der Waals surface area contributed by atoms with Crippen molar-refractivity contribution < 1.29 is 9.32 Å². The molecule has 3 aromatic rings. The number of carbonyl (C=O) groups excluding carboxylic acids is 1. The summed E-state index contributed by atoms with van der Waals surface area (Å²) in [7, 11) is 0. The van der Waals surface area contributed by atoms with Crippen molar-refractivity contribution in [1.82, 2.24) is 14.7 Å². The Labute approximate surface area is 157 Å². The number of nitrogens with zero attached hydrogens (tertiary/aromatic N) is 3. The van der Waals surface area contributed by atoms with E-state index in [2.05, 4.69) is 15.5 Å². The molecular weight excluding hydrogens is 352 g/mol. The van der Waals surface area contributed by atoms with Crippen LogP contribution in [0.15, 0.2) is 47.2 Å². The molecule has 0 saturated heterocycles. The summed E-state index contributed by atoms with van der Waals surface area (Å²) in [6, 6.07) is 9.23. The van der Waals surface area contributed by atoms with Crippen molar-refractivity contribution in [2.24, 2.45) is 0 Å². The fourth-order valence-electron chi connectivity index (χ4n) is 2.54. The van der Waals surface area contributed by atoms with E-state index >= 15 is 0 Å². The standard InChI is InChI=1S/C19H21ClN4O2/c1-13(2)19-22-18(26-23-19)7-5-6-17(25)21-15-9-8-14(20)12-16(15)24-10-3-4-11-24/h3-4,8-13H,5-7H2,1-2H3,(H,21,25). The molecule has 0 radical (unpaired) electrons. The lowest BCUT2D eigenvalue weighted by Crippen LogP contribution is -2.13. The van der Waals surface area contributed by atoms with Crippen LogP contribution in [0.3, 0.4) is 0 Å². The molecule has 26 heavy (non-hydrogen) atoms. The van der Waals surface area contributed by atoms with E-state index in [1.54, 1.807) is 6.07 Å². The van der Waals surface area contributed by atoms with Gasteiger partial charge in [-0.1, -0.05) is 30.6 Å². The monoisotopic (exact) mass is 372 g/mol. The van der Waals surface area contributed by atoms with Crippen molar-refractivity contribution in [2.75, 3.05) is 5.32 Å². The Kier molecular flexibility index (Phi) is 5.73. The molecular formula is C19H21ClN4O2. The van der Waals surface area contributed by atoms with Gasteiger partial charge in [0.05, 0.1) is 11.4 Å². The Morgan fingerprint density at radius 3 is 2.77 bits per heavy atom. The lowest BCUT2D eigenvalue weighted by atomic mass is 10.2. The van der Waals surface area contributed by atoms with E-state index in [0.29, 0.717) is 36.0 Å². The van der Waals surface area contributed by atoms with Crippen LogP contribution in [0.25, 0.3) is 5.69 Å². The van der Waals surface area contributed by atoms with Gasteiger partial charge < -0.3 is 14.4 Å². The maximum atomic E-state index is 12.3. The Morgan fingerprint density at radius 2 is 2.08 bits per heavy atom. The van der Waals surface area contributed by atoms with Gasteiger partial charge >= 0.3 is 0 Å².